The number of nitrogens with one attached hydrogen (secondary N) is 1. The Morgan fingerprint density at radius 2 is 2.00 bits per heavy atom. The van der Waals surface area contributed by atoms with Gasteiger partial charge in [-0.25, -0.2) is 0 Å². The number of rotatable bonds is 1. The minimum absolute atomic E-state index is 1.03. The van der Waals surface area contributed by atoms with Crippen molar-refractivity contribution in [1.29, 1.82) is 0 Å². The van der Waals surface area contributed by atoms with E-state index in [4.69, 9.17) is 0 Å². The Labute approximate surface area is 84.3 Å². The van der Waals surface area contributed by atoms with E-state index in [2.05, 4.69) is 27.3 Å². The maximum atomic E-state index is 4.04. The number of piperazine rings is 1. The Morgan fingerprint density at radius 3 is 2.71 bits per heavy atom. The molecule has 4 heteroatoms. The lowest BCUT2D eigenvalue weighted by molar-refractivity contribution is 0.587. The summed E-state index contributed by atoms with van der Waals surface area (Å²) in [5, 5.41) is 11.4. The molecule has 0 bridgehead atoms. The molecule has 1 N–H and O–H groups in total. The smallest absolute Gasteiger partial charge is 0.0732 e. The Bertz CT molecular complexity index is 318. The minimum Gasteiger partial charge on any atom is -0.367 e. The first kappa shape index (κ1) is 9.40. The highest BCUT2D eigenvalue weighted by Crippen LogP contribution is 2.19. The maximum Gasteiger partial charge on any atom is 0.0732 e. The van der Waals surface area contributed by atoms with Crippen LogP contribution in [-0.2, 0) is 0 Å². The number of aryl methyl sites for hydroxylation is 1. The van der Waals surface area contributed by atoms with Crippen molar-refractivity contribution >= 4 is 5.69 Å². The summed E-state index contributed by atoms with van der Waals surface area (Å²) in [6.45, 7) is 8.36. The van der Waals surface area contributed by atoms with Crippen LogP contribution in [0.5, 0.6) is 0 Å². The molecular weight excluding hydrogens is 176 g/mol. The Balaban J connectivity index is 2.26. The van der Waals surface area contributed by atoms with E-state index < -0.39 is 0 Å². The molecule has 0 saturated carbocycles. The summed E-state index contributed by atoms with van der Waals surface area (Å²) in [5.41, 5.74) is 3.52. The normalized spacial score (nSPS) is 17.1. The molecule has 0 unspecified atom stereocenters. The van der Waals surface area contributed by atoms with Crippen LogP contribution in [0, 0.1) is 13.8 Å². The van der Waals surface area contributed by atoms with Crippen molar-refractivity contribution in [2.75, 3.05) is 31.1 Å². The van der Waals surface area contributed by atoms with Crippen LogP contribution in [0.1, 0.15) is 11.3 Å². The van der Waals surface area contributed by atoms with Gasteiger partial charge < -0.3 is 10.2 Å². The number of hydrogen-bond acceptors (Lipinski definition) is 4. The van der Waals surface area contributed by atoms with Crippen LogP contribution in [0.2, 0.25) is 0 Å². The summed E-state index contributed by atoms with van der Waals surface area (Å²) >= 11 is 0. The molecule has 1 saturated heterocycles. The molecule has 4 nitrogen and oxygen atoms in total. The largest absolute Gasteiger partial charge is 0.367 e. The van der Waals surface area contributed by atoms with Crippen molar-refractivity contribution in [1.82, 2.24) is 15.5 Å². The zero-order valence-corrected chi connectivity index (χ0v) is 8.75. The van der Waals surface area contributed by atoms with Crippen LogP contribution in [0.15, 0.2) is 6.20 Å². The van der Waals surface area contributed by atoms with Gasteiger partial charge in [-0.15, -0.1) is 0 Å². The first-order valence-electron chi connectivity index (χ1n) is 5.03. The third kappa shape index (κ3) is 1.70. The Hall–Kier alpha value is -1.16. The fourth-order valence-electron chi connectivity index (χ4n) is 1.75. The lowest BCUT2D eigenvalue weighted by Crippen LogP contribution is -2.43. The molecule has 1 aromatic rings. The van der Waals surface area contributed by atoms with Gasteiger partial charge in [0.15, 0.2) is 0 Å². The summed E-state index contributed by atoms with van der Waals surface area (Å²) in [6.07, 6.45) is 1.87. The van der Waals surface area contributed by atoms with Crippen molar-refractivity contribution in [3.8, 4) is 0 Å². The fourth-order valence-corrected chi connectivity index (χ4v) is 1.75. The molecule has 76 valence electrons. The predicted octanol–water partition coefficient (Wildman–Crippen LogP) is 0.503. The second-order valence-electron chi connectivity index (χ2n) is 3.68. The molecule has 0 amide bonds. The van der Waals surface area contributed by atoms with Crippen LogP contribution in [-0.4, -0.2) is 36.4 Å². The van der Waals surface area contributed by atoms with Gasteiger partial charge in [-0.05, 0) is 19.4 Å². The lowest BCUT2D eigenvalue weighted by atomic mass is 10.2. The third-order valence-corrected chi connectivity index (χ3v) is 2.77. The van der Waals surface area contributed by atoms with E-state index in [0.717, 1.165) is 31.9 Å². The standard InChI is InChI=1S/C10H16N4/c1-8-9(2)13-12-7-10(8)14-5-3-11-4-6-14/h7,11H,3-6H2,1-2H3. The first-order chi connectivity index (χ1) is 6.79. The van der Waals surface area contributed by atoms with Crippen LogP contribution < -0.4 is 10.2 Å². The third-order valence-electron chi connectivity index (χ3n) is 2.77. The highest BCUT2D eigenvalue weighted by atomic mass is 15.2. The highest BCUT2D eigenvalue weighted by molar-refractivity contribution is 5.52. The second kappa shape index (κ2) is 3.92. The molecule has 0 atom stereocenters. The molecule has 1 fully saturated rings. The molecule has 0 spiro atoms. The summed E-state index contributed by atoms with van der Waals surface area (Å²) in [7, 11) is 0. The van der Waals surface area contributed by atoms with Crippen LogP contribution in [0.25, 0.3) is 0 Å². The molecule has 0 radical (unpaired) electrons. The lowest BCUT2D eigenvalue weighted by Gasteiger charge is -2.30. The van der Waals surface area contributed by atoms with E-state index in [9.17, 15) is 0 Å². The first-order valence-corrected chi connectivity index (χ1v) is 5.03. The van der Waals surface area contributed by atoms with Crippen molar-refractivity contribution in [3.05, 3.63) is 17.5 Å². The van der Waals surface area contributed by atoms with Crippen molar-refractivity contribution < 1.29 is 0 Å². The number of nitrogens with zero attached hydrogens (tertiary/aromatic N) is 3. The Morgan fingerprint density at radius 1 is 1.29 bits per heavy atom. The van der Waals surface area contributed by atoms with E-state index in [1.165, 1.54) is 11.3 Å². The molecule has 1 aliphatic rings. The zero-order chi connectivity index (χ0) is 9.97. The van der Waals surface area contributed by atoms with Crippen molar-refractivity contribution in [2.24, 2.45) is 0 Å². The van der Waals surface area contributed by atoms with E-state index in [1.54, 1.807) is 0 Å². The molecule has 1 aromatic heterocycles. The van der Waals surface area contributed by atoms with Gasteiger partial charge in [0, 0.05) is 26.2 Å². The second-order valence-corrected chi connectivity index (χ2v) is 3.68. The van der Waals surface area contributed by atoms with Crippen molar-refractivity contribution in [2.45, 2.75) is 13.8 Å². The monoisotopic (exact) mass is 192 g/mol. The summed E-state index contributed by atoms with van der Waals surface area (Å²) in [4.78, 5) is 2.37. The van der Waals surface area contributed by atoms with Crippen molar-refractivity contribution in [3.63, 3.8) is 0 Å². The van der Waals surface area contributed by atoms with Gasteiger partial charge in [0.2, 0.25) is 0 Å². The average Bonchev–Trinajstić information content (AvgIpc) is 2.23. The summed E-state index contributed by atoms with van der Waals surface area (Å²) < 4.78 is 0. The topological polar surface area (TPSA) is 41.1 Å². The molecule has 1 aliphatic heterocycles. The highest BCUT2D eigenvalue weighted by Gasteiger charge is 2.13. The summed E-state index contributed by atoms with van der Waals surface area (Å²) in [6, 6.07) is 0. The molecule has 14 heavy (non-hydrogen) atoms. The van der Waals surface area contributed by atoms with Crippen LogP contribution >= 0.6 is 0 Å². The van der Waals surface area contributed by atoms with E-state index >= 15 is 0 Å². The number of hydrogen-bond donors (Lipinski definition) is 1. The van der Waals surface area contributed by atoms with Crippen LogP contribution in [0.3, 0.4) is 0 Å². The number of aromatic nitrogens is 2. The van der Waals surface area contributed by atoms with Gasteiger partial charge in [0.05, 0.1) is 17.6 Å². The van der Waals surface area contributed by atoms with E-state index in [-0.39, 0.29) is 0 Å². The summed E-state index contributed by atoms with van der Waals surface area (Å²) in [5.74, 6) is 0. The Kier molecular flexibility index (Phi) is 2.63. The van der Waals surface area contributed by atoms with Crippen LogP contribution in [0.4, 0.5) is 5.69 Å². The minimum atomic E-state index is 1.03. The van der Waals surface area contributed by atoms with Gasteiger partial charge in [-0.2, -0.15) is 10.2 Å². The molecule has 2 heterocycles. The zero-order valence-electron chi connectivity index (χ0n) is 8.75. The fraction of sp³-hybridized carbons (Fsp3) is 0.600. The maximum absolute atomic E-state index is 4.04. The number of anilines is 1. The quantitative estimate of drug-likeness (QED) is 0.703. The SMILES string of the molecule is Cc1nncc(N2CCNCC2)c1C. The van der Waals surface area contributed by atoms with Gasteiger partial charge in [0.25, 0.3) is 0 Å². The molecular formula is C10H16N4. The molecule has 0 aromatic carbocycles. The average molecular weight is 192 g/mol. The van der Waals surface area contributed by atoms with Gasteiger partial charge in [-0.1, -0.05) is 0 Å². The van der Waals surface area contributed by atoms with Gasteiger partial charge in [0.1, 0.15) is 0 Å². The van der Waals surface area contributed by atoms with Gasteiger partial charge >= 0.3 is 0 Å². The predicted molar refractivity (Wildman–Crippen MR) is 56.6 cm³/mol. The van der Waals surface area contributed by atoms with Gasteiger partial charge in [-0.3, -0.25) is 0 Å². The van der Waals surface area contributed by atoms with E-state index in [0.29, 0.717) is 0 Å². The molecule has 0 aliphatic carbocycles. The van der Waals surface area contributed by atoms with E-state index in [1.807, 2.05) is 13.1 Å². The molecule has 2 rings (SSSR count).